The molecule has 0 saturated carbocycles. The van der Waals surface area contributed by atoms with E-state index in [-0.39, 0.29) is 5.91 Å². The van der Waals surface area contributed by atoms with Crippen LogP contribution in [0, 0.1) is 0 Å². The Morgan fingerprint density at radius 1 is 1.62 bits per heavy atom. The number of nitrogens with zero attached hydrogens (tertiary/aromatic N) is 2. The number of carbonyl (C=O) groups excluding carboxylic acids is 1. The van der Waals surface area contributed by atoms with Crippen LogP contribution in [0.1, 0.15) is 26.2 Å². The summed E-state index contributed by atoms with van der Waals surface area (Å²) in [6.45, 7) is 2.05. The Bertz CT molecular complexity index is 503. The number of H-pyrrole nitrogens is 1. The average Bonchev–Trinajstić information content (AvgIpc) is 2.76. The van der Waals surface area contributed by atoms with Gasteiger partial charge in [0.1, 0.15) is 4.70 Å². The molecule has 0 saturated heterocycles. The highest BCUT2D eigenvalue weighted by molar-refractivity contribution is 7.22. The fourth-order valence-electron chi connectivity index (χ4n) is 1.35. The number of unbranched alkanes of at least 4 members (excludes halogenated alkanes) is 1. The van der Waals surface area contributed by atoms with Crippen LogP contribution in [0.2, 0.25) is 0 Å². The summed E-state index contributed by atoms with van der Waals surface area (Å²) in [5.41, 5.74) is 6.18. The lowest BCUT2D eigenvalue weighted by Crippen LogP contribution is -2.11. The predicted molar refractivity (Wildman–Crippen MR) is 64.3 cm³/mol. The van der Waals surface area contributed by atoms with E-state index in [0.29, 0.717) is 23.0 Å². The first-order chi connectivity index (χ1) is 7.70. The van der Waals surface area contributed by atoms with Gasteiger partial charge >= 0.3 is 0 Å². The topological polar surface area (TPSA) is 96.7 Å². The number of thiazole rings is 1. The first-order valence-corrected chi connectivity index (χ1v) is 5.92. The van der Waals surface area contributed by atoms with Gasteiger partial charge in [-0.25, -0.2) is 4.98 Å². The maximum Gasteiger partial charge on any atom is 0.225 e. The van der Waals surface area contributed by atoms with Crippen LogP contribution in [0.5, 0.6) is 0 Å². The smallest absolute Gasteiger partial charge is 0.225 e. The van der Waals surface area contributed by atoms with Crippen LogP contribution in [0.25, 0.3) is 10.3 Å². The zero-order valence-corrected chi connectivity index (χ0v) is 9.73. The molecule has 2 heterocycles. The van der Waals surface area contributed by atoms with Crippen molar-refractivity contribution in [2.45, 2.75) is 26.2 Å². The molecule has 6 nitrogen and oxygen atoms in total. The third-order valence-corrected chi connectivity index (χ3v) is 3.04. The lowest BCUT2D eigenvalue weighted by molar-refractivity contribution is -0.116. The van der Waals surface area contributed by atoms with Gasteiger partial charge in [0.25, 0.3) is 0 Å². The van der Waals surface area contributed by atoms with Crippen molar-refractivity contribution in [3.8, 4) is 0 Å². The number of aromatic nitrogens is 3. The molecule has 0 unspecified atom stereocenters. The standard InChI is InChI=1S/C9H13N5OS/c1-2-3-4-5(15)11-7-6-8(14-13-7)12-9(10)16-6/h2-4H2,1H3,(H4,10,11,12,13,14,15). The molecule has 2 rings (SSSR count). The van der Waals surface area contributed by atoms with Crippen molar-refractivity contribution in [3.63, 3.8) is 0 Å². The number of hydrogen-bond donors (Lipinski definition) is 3. The second-order valence-corrected chi connectivity index (χ2v) is 4.48. The zero-order valence-electron chi connectivity index (χ0n) is 8.91. The van der Waals surface area contributed by atoms with Gasteiger partial charge < -0.3 is 11.1 Å². The molecule has 2 aromatic heterocycles. The maximum absolute atomic E-state index is 11.5. The first-order valence-electron chi connectivity index (χ1n) is 5.11. The van der Waals surface area contributed by atoms with Crippen LogP contribution >= 0.6 is 11.3 Å². The molecule has 1 amide bonds. The van der Waals surface area contributed by atoms with Crippen molar-refractivity contribution in [3.05, 3.63) is 0 Å². The van der Waals surface area contributed by atoms with Crippen LogP contribution < -0.4 is 11.1 Å². The summed E-state index contributed by atoms with van der Waals surface area (Å²) in [6, 6.07) is 0. The molecule has 0 bridgehead atoms. The lowest BCUT2D eigenvalue weighted by atomic mass is 10.2. The van der Waals surface area contributed by atoms with E-state index in [2.05, 4.69) is 20.5 Å². The molecule has 86 valence electrons. The fraction of sp³-hybridized carbons (Fsp3) is 0.444. The number of nitrogen functional groups attached to an aromatic ring is 1. The van der Waals surface area contributed by atoms with E-state index >= 15 is 0 Å². The zero-order chi connectivity index (χ0) is 11.5. The highest BCUT2D eigenvalue weighted by Gasteiger charge is 2.12. The molecular formula is C9H13N5OS. The van der Waals surface area contributed by atoms with Crippen LogP contribution in [-0.4, -0.2) is 21.1 Å². The minimum absolute atomic E-state index is 0.0257. The van der Waals surface area contributed by atoms with E-state index < -0.39 is 0 Å². The van der Waals surface area contributed by atoms with Crippen molar-refractivity contribution >= 4 is 38.5 Å². The van der Waals surface area contributed by atoms with E-state index in [1.165, 1.54) is 11.3 Å². The van der Waals surface area contributed by atoms with Crippen molar-refractivity contribution in [1.29, 1.82) is 0 Å². The quantitative estimate of drug-likeness (QED) is 0.757. The molecule has 0 aliphatic carbocycles. The summed E-state index contributed by atoms with van der Waals surface area (Å²) >= 11 is 1.31. The van der Waals surface area contributed by atoms with Gasteiger partial charge in [-0.05, 0) is 6.42 Å². The van der Waals surface area contributed by atoms with Crippen LogP contribution in [-0.2, 0) is 4.79 Å². The molecule has 16 heavy (non-hydrogen) atoms. The van der Waals surface area contributed by atoms with Crippen LogP contribution in [0.3, 0.4) is 0 Å². The third-order valence-electron chi connectivity index (χ3n) is 2.15. The number of anilines is 2. The molecule has 0 aromatic carbocycles. The second-order valence-electron chi connectivity index (χ2n) is 3.45. The Morgan fingerprint density at radius 3 is 3.19 bits per heavy atom. The van der Waals surface area contributed by atoms with Gasteiger partial charge in [-0.2, -0.15) is 5.10 Å². The fourth-order valence-corrected chi connectivity index (χ4v) is 2.08. The molecule has 7 heteroatoms. The van der Waals surface area contributed by atoms with Crippen molar-refractivity contribution < 1.29 is 4.79 Å². The molecule has 0 aliphatic rings. The van der Waals surface area contributed by atoms with Gasteiger partial charge in [-0.1, -0.05) is 24.7 Å². The number of nitrogens with one attached hydrogen (secondary N) is 2. The van der Waals surface area contributed by atoms with E-state index in [1.54, 1.807) is 0 Å². The third kappa shape index (κ3) is 2.13. The molecule has 4 N–H and O–H groups in total. The van der Waals surface area contributed by atoms with Crippen LogP contribution in [0.4, 0.5) is 10.9 Å². The van der Waals surface area contributed by atoms with E-state index in [1.807, 2.05) is 6.92 Å². The summed E-state index contributed by atoms with van der Waals surface area (Å²) in [5.74, 6) is 0.493. The number of hydrogen-bond acceptors (Lipinski definition) is 5. The normalized spacial score (nSPS) is 10.8. The van der Waals surface area contributed by atoms with E-state index in [0.717, 1.165) is 17.5 Å². The Morgan fingerprint density at radius 2 is 2.44 bits per heavy atom. The number of fused-ring (bicyclic) bond motifs is 1. The number of aromatic amines is 1. The number of amides is 1. The predicted octanol–water partition coefficient (Wildman–Crippen LogP) is 1.73. The van der Waals surface area contributed by atoms with Gasteiger partial charge in [-0.3, -0.25) is 9.89 Å². The first kappa shape index (κ1) is 10.9. The van der Waals surface area contributed by atoms with Crippen molar-refractivity contribution in [2.24, 2.45) is 0 Å². The number of nitrogens with two attached hydrogens (primary N) is 1. The minimum atomic E-state index is -0.0257. The Kier molecular flexibility index (Phi) is 3.04. The number of rotatable bonds is 4. The summed E-state index contributed by atoms with van der Waals surface area (Å²) in [4.78, 5) is 15.5. The Balaban J connectivity index is 2.11. The summed E-state index contributed by atoms with van der Waals surface area (Å²) in [7, 11) is 0. The lowest BCUT2D eigenvalue weighted by Gasteiger charge is -1.99. The largest absolute Gasteiger partial charge is 0.375 e. The average molecular weight is 239 g/mol. The molecular weight excluding hydrogens is 226 g/mol. The summed E-state index contributed by atoms with van der Waals surface area (Å²) < 4.78 is 0.794. The molecule has 2 aromatic rings. The molecule has 0 fully saturated rings. The van der Waals surface area contributed by atoms with Gasteiger partial charge in [0.05, 0.1) is 0 Å². The monoisotopic (exact) mass is 239 g/mol. The summed E-state index contributed by atoms with van der Waals surface area (Å²) in [5, 5.41) is 9.92. The second kappa shape index (κ2) is 4.48. The summed E-state index contributed by atoms with van der Waals surface area (Å²) in [6.07, 6.45) is 2.39. The van der Waals surface area contributed by atoms with Gasteiger partial charge in [0, 0.05) is 6.42 Å². The van der Waals surface area contributed by atoms with Crippen molar-refractivity contribution in [1.82, 2.24) is 15.2 Å². The number of carbonyl (C=O) groups is 1. The van der Waals surface area contributed by atoms with E-state index in [9.17, 15) is 4.79 Å². The van der Waals surface area contributed by atoms with Crippen molar-refractivity contribution in [2.75, 3.05) is 11.1 Å². The molecule has 0 spiro atoms. The Labute approximate surface area is 96.2 Å². The van der Waals surface area contributed by atoms with Gasteiger partial charge in [0.2, 0.25) is 5.91 Å². The van der Waals surface area contributed by atoms with Gasteiger partial charge in [0.15, 0.2) is 16.6 Å². The molecule has 0 aliphatic heterocycles. The van der Waals surface area contributed by atoms with E-state index in [4.69, 9.17) is 5.73 Å². The Hall–Kier alpha value is -1.63. The highest BCUT2D eigenvalue weighted by Crippen LogP contribution is 2.28. The SMILES string of the molecule is CCCCC(=O)Nc1n[nH]c2nc(N)sc12. The molecule has 0 atom stereocenters. The maximum atomic E-state index is 11.5. The van der Waals surface area contributed by atoms with Crippen LogP contribution in [0.15, 0.2) is 0 Å². The van der Waals surface area contributed by atoms with Gasteiger partial charge in [-0.15, -0.1) is 0 Å². The molecule has 0 radical (unpaired) electrons. The minimum Gasteiger partial charge on any atom is -0.375 e. The highest BCUT2D eigenvalue weighted by atomic mass is 32.1.